The van der Waals surface area contributed by atoms with Crippen LogP contribution in [0.25, 0.3) is 20.9 Å². The highest BCUT2D eigenvalue weighted by molar-refractivity contribution is 7.89. The highest BCUT2D eigenvalue weighted by Crippen LogP contribution is 2.20. The third-order valence-corrected chi connectivity index (χ3v) is 7.10. The molecule has 0 saturated carbocycles. The van der Waals surface area contributed by atoms with Gasteiger partial charge in [-0.2, -0.15) is 4.37 Å². The van der Waals surface area contributed by atoms with E-state index in [1.807, 2.05) is 19.2 Å². The Morgan fingerprint density at radius 3 is 2.83 bits per heavy atom. The number of nitrogens with one attached hydrogen (secondary N) is 2. The van der Waals surface area contributed by atoms with E-state index in [0.29, 0.717) is 6.54 Å². The Bertz CT molecular complexity index is 1240. The van der Waals surface area contributed by atoms with Crippen LogP contribution in [-0.2, 0) is 16.4 Å². The first-order chi connectivity index (χ1) is 14.0. The fourth-order valence-electron chi connectivity index (χ4n) is 3.23. The summed E-state index contributed by atoms with van der Waals surface area (Å²) in [5, 5.41) is 6.27. The van der Waals surface area contributed by atoms with Crippen molar-refractivity contribution >= 4 is 42.4 Å². The minimum absolute atomic E-state index is 0.225. The molecule has 1 unspecified atom stereocenters. The molecule has 2 N–H and O–H groups in total. The molecule has 0 amide bonds. The third kappa shape index (κ3) is 4.79. The first kappa shape index (κ1) is 19.9. The molecule has 2 aromatic carbocycles. The van der Waals surface area contributed by atoms with Crippen LogP contribution < -0.4 is 10.0 Å². The quantitative estimate of drug-likeness (QED) is 0.422. The molecule has 4 rings (SSSR count). The maximum Gasteiger partial charge on any atom is 0.240 e. The van der Waals surface area contributed by atoms with E-state index in [1.54, 1.807) is 30.6 Å². The van der Waals surface area contributed by atoms with E-state index in [1.165, 1.54) is 27.2 Å². The second-order valence-corrected chi connectivity index (χ2v) is 9.61. The maximum atomic E-state index is 12.7. The molecule has 8 heteroatoms. The van der Waals surface area contributed by atoms with Gasteiger partial charge in [0.05, 0.1) is 9.60 Å². The lowest BCUT2D eigenvalue weighted by molar-refractivity contribution is 0.537. The van der Waals surface area contributed by atoms with Crippen molar-refractivity contribution in [3.8, 4) is 0 Å². The zero-order valence-electron chi connectivity index (χ0n) is 16.0. The molecule has 2 heterocycles. The monoisotopic (exact) mass is 426 g/mol. The van der Waals surface area contributed by atoms with Gasteiger partial charge in [0.2, 0.25) is 10.0 Å². The van der Waals surface area contributed by atoms with E-state index in [9.17, 15) is 8.42 Å². The lowest BCUT2D eigenvalue weighted by Gasteiger charge is -2.15. The van der Waals surface area contributed by atoms with Crippen molar-refractivity contribution in [2.24, 2.45) is 0 Å². The minimum atomic E-state index is -3.57. The number of hydrogen-bond donors (Lipinski definition) is 2. The van der Waals surface area contributed by atoms with Crippen molar-refractivity contribution in [2.75, 3.05) is 13.1 Å². The van der Waals surface area contributed by atoms with Crippen LogP contribution in [0.5, 0.6) is 0 Å². The van der Waals surface area contributed by atoms with Gasteiger partial charge in [-0.1, -0.05) is 12.1 Å². The number of benzene rings is 2. The molecule has 2 aromatic heterocycles. The molecule has 1 atom stereocenters. The number of nitrogens with zero attached hydrogens (tertiary/aromatic N) is 2. The molecule has 0 bridgehead atoms. The molecule has 0 aliphatic rings. The Labute approximate surface area is 174 Å². The van der Waals surface area contributed by atoms with Gasteiger partial charge in [-0.15, -0.1) is 0 Å². The van der Waals surface area contributed by atoms with Crippen molar-refractivity contribution in [1.29, 1.82) is 0 Å². The first-order valence-corrected chi connectivity index (χ1v) is 11.7. The van der Waals surface area contributed by atoms with Crippen molar-refractivity contribution < 1.29 is 8.42 Å². The van der Waals surface area contributed by atoms with E-state index >= 15 is 0 Å². The fourth-order valence-corrected chi connectivity index (χ4v) is 5.14. The van der Waals surface area contributed by atoms with Crippen LogP contribution in [0, 0.1) is 0 Å². The zero-order chi connectivity index (χ0) is 20.3. The van der Waals surface area contributed by atoms with Crippen LogP contribution in [-0.4, -0.2) is 36.9 Å². The highest BCUT2D eigenvalue weighted by Gasteiger charge is 2.17. The van der Waals surface area contributed by atoms with Gasteiger partial charge in [-0.25, -0.2) is 13.1 Å². The van der Waals surface area contributed by atoms with Crippen LogP contribution >= 0.6 is 11.5 Å². The lowest BCUT2D eigenvalue weighted by atomic mass is 10.1. The average Bonchev–Trinajstić information content (AvgIpc) is 3.18. The zero-order valence-corrected chi connectivity index (χ0v) is 17.6. The van der Waals surface area contributed by atoms with E-state index in [-0.39, 0.29) is 10.9 Å². The average molecular weight is 427 g/mol. The predicted octanol–water partition coefficient (Wildman–Crippen LogP) is 3.34. The Morgan fingerprint density at radius 2 is 1.93 bits per heavy atom. The molecule has 0 radical (unpaired) electrons. The van der Waals surface area contributed by atoms with E-state index in [4.69, 9.17) is 0 Å². The maximum absolute atomic E-state index is 12.7. The van der Waals surface area contributed by atoms with Crippen LogP contribution in [0.3, 0.4) is 0 Å². The lowest BCUT2D eigenvalue weighted by Crippen LogP contribution is -2.40. The Balaban J connectivity index is 1.30. The number of rotatable bonds is 8. The second kappa shape index (κ2) is 8.54. The summed E-state index contributed by atoms with van der Waals surface area (Å²) in [5.41, 5.74) is 1.24. The predicted molar refractivity (Wildman–Crippen MR) is 118 cm³/mol. The summed E-state index contributed by atoms with van der Waals surface area (Å²) in [6, 6.07) is 13.0. The number of pyridine rings is 1. The van der Waals surface area contributed by atoms with E-state index < -0.39 is 10.0 Å². The number of hydrogen-bond acceptors (Lipinski definition) is 6. The van der Waals surface area contributed by atoms with Gasteiger partial charge in [-0.3, -0.25) is 4.98 Å². The van der Waals surface area contributed by atoms with Gasteiger partial charge in [0.1, 0.15) is 0 Å². The number of fused-ring (bicyclic) bond motifs is 2. The molecule has 4 aromatic rings. The van der Waals surface area contributed by atoms with Crippen LogP contribution in [0.2, 0.25) is 0 Å². The summed E-state index contributed by atoms with van der Waals surface area (Å²) in [6.07, 6.45) is 6.14. The molecule has 29 heavy (non-hydrogen) atoms. The van der Waals surface area contributed by atoms with Crippen molar-refractivity contribution in [2.45, 2.75) is 24.3 Å². The third-order valence-electron chi connectivity index (χ3n) is 4.74. The Kier molecular flexibility index (Phi) is 5.86. The largest absolute Gasteiger partial charge is 0.315 e. The van der Waals surface area contributed by atoms with Crippen LogP contribution in [0.15, 0.2) is 66.0 Å². The molecule has 0 saturated heterocycles. The molecule has 150 valence electrons. The Morgan fingerprint density at radius 1 is 1.03 bits per heavy atom. The van der Waals surface area contributed by atoms with Gasteiger partial charge in [0, 0.05) is 41.9 Å². The van der Waals surface area contributed by atoms with Gasteiger partial charge >= 0.3 is 0 Å². The van der Waals surface area contributed by atoms with Gasteiger partial charge in [-0.05, 0) is 72.7 Å². The van der Waals surface area contributed by atoms with Crippen molar-refractivity contribution in [1.82, 2.24) is 19.4 Å². The standard InChI is InChI=1S/C21H22N4O2S2/c1-15(12-22-8-6-16-2-5-21-19(10-16)14-24-28-21)25-29(26,27)20-4-3-18-13-23-9-7-17(18)11-20/h2-5,7,9-11,13-15,22,25H,6,8,12H2,1H3. The van der Waals surface area contributed by atoms with E-state index in [2.05, 4.69) is 37.6 Å². The summed E-state index contributed by atoms with van der Waals surface area (Å²) in [5.74, 6) is 0. The molecular formula is C21H22N4O2S2. The van der Waals surface area contributed by atoms with Crippen LogP contribution in [0.4, 0.5) is 0 Å². The minimum Gasteiger partial charge on any atom is -0.315 e. The molecule has 6 nitrogen and oxygen atoms in total. The van der Waals surface area contributed by atoms with Crippen LogP contribution in [0.1, 0.15) is 12.5 Å². The van der Waals surface area contributed by atoms with Gasteiger partial charge < -0.3 is 5.32 Å². The molecule has 0 spiro atoms. The molecule has 0 aliphatic carbocycles. The van der Waals surface area contributed by atoms with E-state index in [0.717, 1.165) is 23.7 Å². The van der Waals surface area contributed by atoms with Crippen molar-refractivity contribution in [3.63, 3.8) is 0 Å². The summed E-state index contributed by atoms with van der Waals surface area (Å²) in [7, 11) is -3.57. The number of aromatic nitrogens is 2. The fraction of sp³-hybridized carbons (Fsp3) is 0.238. The smallest absolute Gasteiger partial charge is 0.240 e. The second-order valence-electron chi connectivity index (χ2n) is 7.06. The summed E-state index contributed by atoms with van der Waals surface area (Å²) < 4.78 is 33.5. The SMILES string of the molecule is CC(CNCCc1ccc2sncc2c1)NS(=O)(=O)c1ccc2cnccc2c1. The summed E-state index contributed by atoms with van der Waals surface area (Å²) in [4.78, 5) is 4.32. The van der Waals surface area contributed by atoms with Gasteiger partial charge in [0.25, 0.3) is 0 Å². The molecule has 0 aliphatic heterocycles. The summed E-state index contributed by atoms with van der Waals surface area (Å²) in [6.45, 7) is 3.19. The normalized spacial score (nSPS) is 13.1. The Hall–Kier alpha value is -2.39. The first-order valence-electron chi connectivity index (χ1n) is 9.41. The highest BCUT2D eigenvalue weighted by atomic mass is 32.2. The van der Waals surface area contributed by atoms with Gasteiger partial charge in [0.15, 0.2) is 0 Å². The summed E-state index contributed by atoms with van der Waals surface area (Å²) >= 11 is 1.50. The topological polar surface area (TPSA) is 84.0 Å². The number of sulfonamides is 1. The molecule has 0 fully saturated rings. The molecular weight excluding hydrogens is 404 g/mol. The van der Waals surface area contributed by atoms with Crippen molar-refractivity contribution in [3.05, 3.63) is 66.6 Å².